The van der Waals surface area contributed by atoms with Crippen molar-refractivity contribution < 1.29 is 9.90 Å². The number of carbonyl (C=O) groups excluding carboxylic acids is 1. The van der Waals surface area contributed by atoms with Crippen molar-refractivity contribution in [1.29, 1.82) is 0 Å². The average molecular weight is 183 g/mol. The summed E-state index contributed by atoms with van der Waals surface area (Å²) in [5, 5.41) is 8.91. The molecule has 12 heavy (non-hydrogen) atoms. The van der Waals surface area contributed by atoms with Crippen LogP contribution in [0.1, 0.15) is 10.4 Å². The predicted molar refractivity (Wildman–Crippen MR) is 47.6 cm³/mol. The summed E-state index contributed by atoms with van der Waals surface area (Å²) < 4.78 is 0. The Hall–Kier alpha value is -1.28. The monoisotopic (exact) mass is 182 g/mol. The summed E-state index contributed by atoms with van der Waals surface area (Å²) in [4.78, 5) is 11.1. The number of hydrogen-bond donors (Lipinski definition) is 1. The highest BCUT2D eigenvalue weighted by atomic mass is 35.5. The third kappa shape index (κ3) is 2.10. The van der Waals surface area contributed by atoms with Gasteiger partial charge in [0.15, 0.2) is 5.78 Å². The van der Waals surface area contributed by atoms with Crippen molar-refractivity contribution in [3.63, 3.8) is 0 Å². The lowest BCUT2D eigenvalue weighted by atomic mass is 10.1. The second-order valence-corrected chi connectivity index (χ2v) is 2.62. The molecule has 1 aromatic rings. The molecule has 0 aliphatic carbocycles. The van der Waals surface area contributed by atoms with Crippen LogP contribution < -0.4 is 0 Å². The molecule has 0 aromatic heterocycles. The van der Waals surface area contributed by atoms with Gasteiger partial charge in [-0.25, -0.2) is 0 Å². The van der Waals surface area contributed by atoms with Crippen LogP contribution in [0.5, 0.6) is 0 Å². The number of hydrogen-bond acceptors (Lipinski definition) is 2. The zero-order chi connectivity index (χ0) is 8.97. The first kappa shape index (κ1) is 8.81. The fourth-order valence-electron chi connectivity index (χ4n) is 0.778. The van der Waals surface area contributed by atoms with Crippen LogP contribution in [-0.4, -0.2) is 10.9 Å². The van der Waals surface area contributed by atoms with Crippen molar-refractivity contribution in [1.82, 2.24) is 0 Å². The van der Waals surface area contributed by atoms with Crippen molar-refractivity contribution in [3.05, 3.63) is 47.2 Å². The Balaban J connectivity index is 2.90. The zero-order valence-electron chi connectivity index (χ0n) is 6.20. The standard InChI is InChI=1S/C9H7ClO2/c10-8-3-1-7(2-4-8)9(12)5-6-11/h1-6,11H. The van der Waals surface area contributed by atoms with E-state index in [9.17, 15) is 4.79 Å². The highest BCUT2D eigenvalue weighted by molar-refractivity contribution is 6.30. The molecule has 0 fully saturated rings. The van der Waals surface area contributed by atoms with Crippen LogP contribution in [-0.2, 0) is 0 Å². The van der Waals surface area contributed by atoms with E-state index in [-0.39, 0.29) is 5.78 Å². The third-order valence-corrected chi connectivity index (χ3v) is 1.61. The van der Waals surface area contributed by atoms with Gasteiger partial charge in [0, 0.05) is 16.7 Å². The van der Waals surface area contributed by atoms with Crippen molar-refractivity contribution >= 4 is 17.4 Å². The quantitative estimate of drug-likeness (QED) is 0.434. The number of aliphatic hydroxyl groups excluding tert-OH is 1. The third-order valence-electron chi connectivity index (χ3n) is 1.35. The summed E-state index contributed by atoms with van der Waals surface area (Å²) in [7, 11) is 0. The van der Waals surface area contributed by atoms with E-state index in [1.54, 1.807) is 24.3 Å². The minimum Gasteiger partial charge on any atom is -0.515 e. The number of rotatable bonds is 2. The number of benzene rings is 1. The number of carbonyl (C=O) groups is 1. The molecular formula is C9H7ClO2. The zero-order valence-corrected chi connectivity index (χ0v) is 6.95. The highest BCUT2D eigenvalue weighted by Crippen LogP contribution is 2.09. The molecule has 0 aliphatic rings. The number of aliphatic hydroxyl groups is 1. The molecule has 1 rings (SSSR count). The SMILES string of the molecule is O=C(C=CO)c1ccc(Cl)cc1. The molecule has 0 atom stereocenters. The Morgan fingerprint density at radius 2 is 1.92 bits per heavy atom. The molecule has 0 unspecified atom stereocenters. The molecule has 0 aliphatic heterocycles. The van der Waals surface area contributed by atoms with Crippen LogP contribution in [0.15, 0.2) is 36.6 Å². The summed E-state index contributed by atoms with van der Waals surface area (Å²) in [6.07, 6.45) is 1.81. The van der Waals surface area contributed by atoms with Gasteiger partial charge in [0.1, 0.15) is 0 Å². The molecule has 3 heteroatoms. The Morgan fingerprint density at radius 3 is 2.42 bits per heavy atom. The van der Waals surface area contributed by atoms with Crippen molar-refractivity contribution in [2.24, 2.45) is 0 Å². The molecule has 1 N–H and O–H groups in total. The fourth-order valence-corrected chi connectivity index (χ4v) is 0.904. The lowest BCUT2D eigenvalue weighted by Crippen LogP contribution is -1.92. The molecule has 2 nitrogen and oxygen atoms in total. The van der Waals surface area contributed by atoms with E-state index < -0.39 is 0 Å². The molecule has 0 radical (unpaired) electrons. The molecule has 62 valence electrons. The Kier molecular flexibility index (Phi) is 2.88. The molecule has 0 amide bonds. The molecule has 1 aromatic carbocycles. The maximum atomic E-state index is 11.1. The summed E-state index contributed by atoms with van der Waals surface area (Å²) >= 11 is 5.61. The van der Waals surface area contributed by atoms with E-state index >= 15 is 0 Å². The number of allylic oxidation sites excluding steroid dienone is 1. The van der Waals surface area contributed by atoms with E-state index in [0.29, 0.717) is 10.6 Å². The number of halogens is 1. The van der Waals surface area contributed by atoms with Crippen LogP contribution in [0, 0.1) is 0 Å². The van der Waals surface area contributed by atoms with E-state index in [1.807, 2.05) is 0 Å². The highest BCUT2D eigenvalue weighted by Gasteiger charge is 1.99. The maximum Gasteiger partial charge on any atom is 0.188 e. The van der Waals surface area contributed by atoms with Crippen LogP contribution in [0.25, 0.3) is 0 Å². The average Bonchev–Trinajstić information content (AvgIpc) is 2.06. The number of ketones is 1. The summed E-state index contributed by atoms with van der Waals surface area (Å²) in [6.45, 7) is 0. The molecule has 0 saturated carbocycles. The van der Waals surface area contributed by atoms with Crippen LogP contribution in [0.4, 0.5) is 0 Å². The topological polar surface area (TPSA) is 37.3 Å². The van der Waals surface area contributed by atoms with E-state index in [1.165, 1.54) is 0 Å². The van der Waals surface area contributed by atoms with Crippen LogP contribution in [0.3, 0.4) is 0 Å². The minimum absolute atomic E-state index is 0.242. The first-order chi connectivity index (χ1) is 5.74. The summed E-state index contributed by atoms with van der Waals surface area (Å²) in [5.41, 5.74) is 0.504. The first-order valence-electron chi connectivity index (χ1n) is 3.34. The van der Waals surface area contributed by atoms with E-state index in [2.05, 4.69) is 0 Å². The Morgan fingerprint density at radius 1 is 1.33 bits per heavy atom. The largest absolute Gasteiger partial charge is 0.515 e. The maximum absolute atomic E-state index is 11.1. The van der Waals surface area contributed by atoms with Gasteiger partial charge in [0.25, 0.3) is 0 Å². The van der Waals surface area contributed by atoms with Crippen LogP contribution >= 0.6 is 11.6 Å². The molecule has 0 heterocycles. The van der Waals surface area contributed by atoms with Gasteiger partial charge < -0.3 is 5.11 Å². The minimum atomic E-state index is -0.242. The van der Waals surface area contributed by atoms with Gasteiger partial charge in [-0.2, -0.15) is 0 Å². The van der Waals surface area contributed by atoms with Crippen LogP contribution in [0.2, 0.25) is 5.02 Å². The van der Waals surface area contributed by atoms with Gasteiger partial charge >= 0.3 is 0 Å². The van der Waals surface area contributed by atoms with Crippen molar-refractivity contribution in [2.45, 2.75) is 0 Å². The smallest absolute Gasteiger partial charge is 0.188 e. The fraction of sp³-hybridized carbons (Fsp3) is 0. The molecular weight excluding hydrogens is 176 g/mol. The summed E-state index contributed by atoms with van der Waals surface area (Å²) in [5.74, 6) is -0.242. The van der Waals surface area contributed by atoms with Crippen molar-refractivity contribution in [2.75, 3.05) is 0 Å². The molecule has 0 saturated heterocycles. The van der Waals surface area contributed by atoms with E-state index in [4.69, 9.17) is 16.7 Å². The van der Waals surface area contributed by atoms with E-state index in [0.717, 1.165) is 12.3 Å². The van der Waals surface area contributed by atoms with Gasteiger partial charge in [-0.15, -0.1) is 0 Å². The first-order valence-corrected chi connectivity index (χ1v) is 3.72. The second kappa shape index (κ2) is 3.93. The van der Waals surface area contributed by atoms with Gasteiger partial charge in [-0.05, 0) is 24.3 Å². The normalized spacial score (nSPS) is 10.4. The molecule has 0 bridgehead atoms. The van der Waals surface area contributed by atoms with Gasteiger partial charge in [0.05, 0.1) is 6.26 Å². The van der Waals surface area contributed by atoms with Gasteiger partial charge in [-0.1, -0.05) is 11.6 Å². The molecule has 0 spiro atoms. The Labute approximate surface area is 75.1 Å². The predicted octanol–water partition coefficient (Wildman–Crippen LogP) is 2.59. The lowest BCUT2D eigenvalue weighted by molar-refractivity contribution is 0.104. The van der Waals surface area contributed by atoms with Crippen molar-refractivity contribution in [3.8, 4) is 0 Å². The second-order valence-electron chi connectivity index (χ2n) is 2.19. The Bertz CT molecular complexity index is 301. The lowest BCUT2D eigenvalue weighted by Gasteiger charge is -1.93. The van der Waals surface area contributed by atoms with Gasteiger partial charge in [-0.3, -0.25) is 4.79 Å². The summed E-state index contributed by atoms with van der Waals surface area (Å²) in [6, 6.07) is 6.45. The van der Waals surface area contributed by atoms with Gasteiger partial charge in [0.2, 0.25) is 0 Å².